The van der Waals surface area contributed by atoms with Crippen LogP contribution in [0.5, 0.6) is 11.5 Å². The number of hydrogen-bond donors (Lipinski definition) is 2. The fourth-order valence-electron chi connectivity index (χ4n) is 3.14. The van der Waals surface area contributed by atoms with E-state index in [0.717, 1.165) is 22.6 Å². The topological polar surface area (TPSA) is 102 Å². The van der Waals surface area contributed by atoms with Crippen molar-refractivity contribution in [2.24, 2.45) is 5.10 Å². The second-order valence-corrected chi connectivity index (χ2v) is 8.63. The number of benzene rings is 3. The molecular weight excluding hydrogens is 486 g/mol. The molecule has 0 spiro atoms. The van der Waals surface area contributed by atoms with Gasteiger partial charge in [-0.05, 0) is 85.3 Å². The average molecular weight is 508 g/mol. The van der Waals surface area contributed by atoms with Crippen LogP contribution in [0.15, 0.2) is 83.1 Å². The van der Waals surface area contributed by atoms with Crippen molar-refractivity contribution in [3.8, 4) is 28.6 Å². The number of halogens is 1. The van der Waals surface area contributed by atoms with E-state index >= 15 is 0 Å². The van der Waals surface area contributed by atoms with E-state index in [-0.39, 0.29) is 17.4 Å². The molecule has 35 heavy (non-hydrogen) atoms. The first-order valence-electron chi connectivity index (χ1n) is 10.7. The first-order chi connectivity index (χ1) is 17.0. The predicted molar refractivity (Wildman–Crippen MR) is 138 cm³/mol. The molecule has 0 fully saturated rings. The summed E-state index contributed by atoms with van der Waals surface area (Å²) in [5.74, 6) is 1.34. The van der Waals surface area contributed by atoms with Gasteiger partial charge in [0.2, 0.25) is 0 Å². The second-order valence-electron chi connectivity index (χ2n) is 7.25. The third kappa shape index (κ3) is 6.40. The fraction of sp³-hybridized carbons (Fsp3) is 0.120. The molecule has 2 N–H and O–H groups in total. The second kappa shape index (κ2) is 11.5. The molecule has 4 rings (SSSR count). The Kier molecular flexibility index (Phi) is 8.02. The van der Waals surface area contributed by atoms with Crippen molar-refractivity contribution in [2.45, 2.75) is 12.1 Å². The van der Waals surface area contributed by atoms with Crippen LogP contribution < -0.4 is 10.2 Å². The minimum atomic E-state index is -0.292. The molecular formula is C25H22ClN5O3S. The molecule has 1 amide bonds. The number of rotatable bonds is 9. The molecule has 0 aliphatic carbocycles. The summed E-state index contributed by atoms with van der Waals surface area (Å²) >= 11 is 7.30. The number of hydrazone groups is 1. The van der Waals surface area contributed by atoms with Crippen LogP contribution in [0.3, 0.4) is 0 Å². The van der Waals surface area contributed by atoms with Crippen LogP contribution in [0.25, 0.3) is 17.1 Å². The molecule has 0 saturated carbocycles. The highest BCUT2D eigenvalue weighted by molar-refractivity contribution is 7.99. The minimum Gasteiger partial charge on any atom is -0.508 e. The molecule has 0 bridgehead atoms. The van der Waals surface area contributed by atoms with Gasteiger partial charge in [-0.3, -0.25) is 9.36 Å². The van der Waals surface area contributed by atoms with Crippen LogP contribution in [0, 0.1) is 0 Å². The van der Waals surface area contributed by atoms with E-state index in [4.69, 9.17) is 16.3 Å². The maximum Gasteiger partial charge on any atom is 0.250 e. The summed E-state index contributed by atoms with van der Waals surface area (Å²) in [6, 6.07) is 21.4. The van der Waals surface area contributed by atoms with E-state index in [1.54, 1.807) is 36.4 Å². The van der Waals surface area contributed by atoms with Crippen molar-refractivity contribution in [1.29, 1.82) is 0 Å². The summed E-state index contributed by atoms with van der Waals surface area (Å²) in [5, 5.41) is 23.2. The van der Waals surface area contributed by atoms with Gasteiger partial charge in [0.05, 0.1) is 18.6 Å². The Hall–Kier alpha value is -3.82. The van der Waals surface area contributed by atoms with Crippen LogP contribution in [0.2, 0.25) is 5.02 Å². The molecule has 0 aliphatic heterocycles. The smallest absolute Gasteiger partial charge is 0.250 e. The number of carbonyl (C=O) groups is 1. The number of ether oxygens (including phenoxy) is 1. The van der Waals surface area contributed by atoms with E-state index in [2.05, 4.69) is 20.7 Å². The molecule has 10 heteroatoms. The van der Waals surface area contributed by atoms with Crippen LogP contribution in [0.1, 0.15) is 12.5 Å². The highest BCUT2D eigenvalue weighted by atomic mass is 35.5. The van der Waals surface area contributed by atoms with Gasteiger partial charge in [0.25, 0.3) is 5.91 Å². The van der Waals surface area contributed by atoms with Crippen molar-refractivity contribution in [3.05, 3.63) is 83.4 Å². The Morgan fingerprint density at radius 3 is 2.49 bits per heavy atom. The first kappa shape index (κ1) is 24.3. The van der Waals surface area contributed by atoms with E-state index in [1.807, 2.05) is 47.9 Å². The molecule has 0 aliphatic rings. The van der Waals surface area contributed by atoms with E-state index < -0.39 is 0 Å². The predicted octanol–water partition coefficient (Wildman–Crippen LogP) is 4.93. The van der Waals surface area contributed by atoms with Gasteiger partial charge in [-0.1, -0.05) is 23.4 Å². The molecule has 0 atom stereocenters. The van der Waals surface area contributed by atoms with Gasteiger partial charge in [0.1, 0.15) is 11.5 Å². The van der Waals surface area contributed by atoms with Gasteiger partial charge in [-0.25, -0.2) is 5.43 Å². The van der Waals surface area contributed by atoms with Crippen molar-refractivity contribution in [3.63, 3.8) is 0 Å². The third-order valence-corrected chi connectivity index (χ3v) is 5.95. The van der Waals surface area contributed by atoms with Crippen LogP contribution >= 0.6 is 23.4 Å². The zero-order valence-electron chi connectivity index (χ0n) is 18.8. The lowest BCUT2D eigenvalue weighted by Crippen LogP contribution is -2.20. The number of hydrogen-bond acceptors (Lipinski definition) is 7. The van der Waals surface area contributed by atoms with E-state index in [0.29, 0.717) is 22.6 Å². The first-order valence-corrected chi connectivity index (χ1v) is 12.1. The van der Waals surface area contributed by atoms with Crippen LogP contribution in [-0.4, -0.2) is 44.4 Å². The summed E-state index contributed by atoms with van der Waals surface area (Å²) in [6.45, 7) is 2.51. The molecule has 8 nitrogen and oxygen atoms in total. The normalized spacial score (nSPS) is 11.0. The van der Waals surface area contributed by atoms with Crippen molar-refractivity contribution < 1.29 is 14.6 Å². The van der Waals surface area contributed by atoms with Crippen molar-refractivity contribution in [2.75, 3.05) is 12.4 Å². The van der Waals surface area contributed by atoms with Gasteiger partial charge in [-0.15, -0.1) is 10.2 Å². The molecule has 178 valence electrons. The zero-order chi connectivity index (χ0) is 24.6. The number of aromatic hydroxyl groups is 1. The zero-order valence-corrected chi connectivity index (χ0v) is 20.3. The third-order valence-electron chi connectivity index (χ3n) is 4.77. The Morgan fingerprint density at radius 2 is 1.80 bits per heavy atom. The maximum absolute atomic E-state index is 12.4. The Morgan fingerprint density at radius 1 is 1.09 bits per heavy atom. The standard InChI is InChI=1S/C25H22ClN5O3S/c1-2-34-22-13-9-20(10-14-22)31-24(18-5-7-19(26)8-6-18)29-30-25(31)35-16-23(33)28-27-15-17-3-11-21(32)12-4-17/h3-15,32H,2,16H2,1H3,(H,28,33)/b27-15+. The van der Waals surface area contributed by atoms with Gasteiger partial charge >= 0.3 is 0 Å². The van der Waals surface area contributed by atoms with Crippen LogP contribution in [-0.2, 0) is 4.79 Å². The molecule has 0 unspecified atom stereocenters. The summed E-state index contributed by atoms with van der Waals surface area (Å²) in [7, 11) is 0. The number of thioether (sulfide) groups is 1. The number of amides is 1. The molecule has 1 aromatic heterocycles. The molecule has 0 radical (unpaired) electrons. The Labute approximate surface area is 211 Å². The minimum absolute atomic E-state index is 0.0860. The SMILES string of the molecule is CCOc1ccc(-n2c(SCC(=O)N/N=C/c3ccc(O)cc3)nnc2-c2ccc(Cl)cc2)cc1. The van der Waals surface area contributed by atoms with Gasteiger partial charge in [-0.2, -0.15) is 5.10 Å². The van der Waals surface area contributed by atoms with Crippen molar-refractivity contribution in [1.82, 2.24) is 20.2 Å². The van der Waals surface area contributed by atoms with Crippen molar-refractivity contribution >= 4 is 35.5 Å². The lowest BCUT2D eigenvalue weighted by atomic mass is 10.2. The highest BCUT2D eigenvalue weighted by Crippen LogP contribution is 2.29. The number of phenols is 1. The number of carbonyl (C=O) groups excluding carboxylic acids is 1. The largest absolute Gasteiger partial charge is 0.508 e. The Balaban J connectivity index is 1.52. The van der Waals surface area contributed by atoms with E-state index in [9.17, 15) is 9.90 Å². The fourth-order valence-corrected chi connectivity index (χ4v) is 4.01. The number of phenolic OH excluding ortho intramolecular Hbond substituents is 1. The highest BCUT2D eigenvalue weighted by Gasteiger charge is 2.17. The molecule has 1 heterocycles. The monoisotopic (exact) mass is 507 g/mol. The summed E-state index contributed by atoms with van der Waals surface area (Å²) in [6.07, 6.45) is 1.50. The summed E-state index contributed by atoms with van der Waals surface area (Å²) in [4.78, 5) is 12.4. The van der Waals surface area contributed by atoms with Gasteiger partial charge < -0.3 is 9.84 Å². The summed E-state index contributed by atoms with van der Waals surface area (Å²) < 4.78 is 7.44. The number of nitrogens with zero attached hydrogens (tertiary/aromatic N) is 4. The van der Waals surface area contributed by atoms with Crippen LogP contribution in [0.4, 0.5) is 0 Å². The maximum atomic E-state index is 12.4. The van der Waals surface area contributed by atoms with Gasteiger partial charge in [0.15, 0.2) is 11.0 Å². The molecule has 4 aromatic rings. The Bertz CT molecular complexity index is 1310. The quantitative estimate of drug-likeness (QED) is 0.189. The van der Waals surface area contributed by atoms with Gasteiger partial charge in [0, 0.05) is 16.3 Å². The number of aromatic nitrogens is 3. The lowest BCUT2D eigenvalue weighted by Gasteiger charge is -2.11. The molecule has 3 aromatic carbocycles. The number of nitrogens with one attached hydrogen (secondary N) is 1. The van der Waals surface area contributed by atoms with E-state index in [1.165, 1.54) is 18.0 Å². The average Bonchev–Trinajstić information content (AvgIpc) is 3.29. The molecule has 0 saturated heterocycles. The summed E-state index contributed by atoms with van der Waals surface area (Å²) in [5.41, 5.74) is 4.92. The lowest BCUT2D eigenvalue weighted by molar-refractivity contribution is -0.118.